The van der Waals surface area contributed by atoms with Gasteiger partial charge in [-0.1, -0.05) is 24.3 Å². The summed E-state index contributed by atoms with van der Waals surface area (Å²) in [5.74, 6) is 1.23. The van der Waals surface area contributed by atoms with Crippen molar-refractivity contribution in [3.8, 4) is 5.75 Å². The minimum atomic E-state index is -3.67. The van der Waals surface area contributed by atoms with Crippen LogP contribution in [0, 0.1) is 0 Å². The molecule has 2 aromatic rings. The summed E-state index contributed by atoms with van der Waals surface area (Å²) in [4.78, 5) is 2.35. The van der Waals surface area contributed by atoms with Crippen molar-refractivity contribution in [2.75, 3.05) is 30.4 Å². The van der Waals surface area contributed by atoms with E-state index in [9.17, 15) is 8.42 Å². The van der Waals surface area contributed by atoms with E-state index in [-0.39, 0.29) is 4.90 Å². The van der Waals surface area contributed by atoms with E-state index in [0.717, 1.165) is 30.8 Å². The Bertz CT molecular complexity index is 940. The van der Waals surface area contributed by atoms with Gasteiger partial charge in [0.1, 0.15) is 16.5 Å². The molecule has 6 nitrogen and oxygen atoms in total. The molecule has 2 aromatic carbocycles. The standard InChI is InChI=1S/C18H19N3O3S/c1-24-15-9-4-6-13-7-5-11-21(18(13)15)12-17-19-14-8-2-3-10-16(14)25(22,23)20-17/h2-4,6,8-10H,5,7,11-12H2,1H3,(H,19,20). The number of ether oxygens (including phenoxy) is 1. The lowest BCUT2D eigenvalue weighted by atomic mass is 10.0. The topological polar surface area (TPSA) is 71.0 Å². The summed E-state index contributed by atoms with van der Waals surface area (Å²) in [6, 6.07) is 12.8. The van der Waals surface area contributed by atoms with E-state index in [2.05, 4.69) is 20.7 Å². The van der Waals surface area contributed by atoms with Crippen LogP contribution in [0.2, 0.25) is 0 Å². The number of fused-ring (bicyclic) bond motifs is 2. The number of nitrogens with one attached hydrogen (secondary N) is 1. The first-order valence-corrected chi connectivity index (χ1v) is 9.63. The van der Waals surface area contributed by atoms with Gasteiger partial charge in [-0.3, -0.25) is 0 Å². The second kappa shape index (κ2) is 6.07. The Balaban J connectivity index is 1.68. The normalized spacial score (nSPS) is 17.8. The second-order valence-electron chi connectivity index (χ2n) is 6.13. The Labute approximate surface area is 147 Å². The molecule has 2 heterocycles. The predicted molar refractivity (Wildman–Crippen MR) is 98.2 cm³/mol. The lowest BCUT2D eigenvalue weighted by molar-refractivity contribution is 0.413. The molecule has 130 valence electrons. The zero-order valence-electron chi connectivity index (χ0n) is 13.9. The van der Waals surface area contributed by atoms with Crippen LogP contribution in [0.1, 0.15) is 12.0 Å². The summed E-state index contributed by atoms with van der Waals surface area (Å²) in [6.45, 7) is 1.22. The van der Waals surface area contributed by atoms with Crippen molar-refractivity contribution >= 4 is 27.2 Å². The van der Waals surface area contributed by atoms with Crippen molar-refractivity contribution in [3.05, 3.63) is 48.0 Å². The smallest absolute Gasteiger partial charge is 0.286 e. The maximum Gasteiger partial charge on any atom is 0.286 e. The molecule has 0 spiro atoms. The predicted octanol–water partition coefficient (Wildman–Crippen LogP) is 2.66. The molecular formula is C18H19N3O3S. The largest absolute Gasteiger partial charge is 0.495 e. The van der Waals surface area contributed by atoms with Crippen LogP contribution < -0.4 is 15.0 Å². The average molecular weight is 357 g/mol. The van der Waals surface area contributed by atoms with Crippen molar-refractivity contribution in [1.82, 2.24) is 0 Å². The fraction of sp³-hybridized carbons (Fsp3) is 0.278. The van der Waals surface area contributed by atoms with E-state index in [1.165, 1.54) is 5.56 Å². The number of hydrogen-bond donors (Lipinski definition) is 1. The molecule has 0 bridgehead atoms. The van der Waals surface area contributed by atoms with Crippen LogP contribution in [-0.4, -0.2) is 34.5 Å². The van der Waals surface area contributed by atoms with Gasteiger partial charge in [0.2, 0.25) is 0 Å². The highest BCUT2D eigenvalue weighted by molar-refractivity contribution is 7.90. The van der Waals surface area contributed by atoms with Crippen LogP contribution in [0.15, 0.2) is 51.8 Å². The van der Waals surface area contributed by atoms with E-state index in [0.29, 0.717) is 18.1 Å². The number of anilines is 2. The highest BCUT2D eigenvalue weighted by Crippen LogP contribution is 2.36. The van der Waals surface area contributed by atoms with Gasteiger partial charge in [0.05, 0.1) is 25.0 Å². The third-order valence-corrected chi connectivity index (χ3v) is 5.88. The summed E-state index contributed by atoms with van der Waals surface area (Å²) < 4.78 is 34.3. The fourth-order valence-electron chi connectivity index (χ4n) is 3.44. The fourth-order valence-corrected chi connectivity index (χ4v) is 4.58. The van der Waals surface area contributed by atoms with Gasteiger partial charge < -0.3 is 15.0 Å². The SMILES string of the molecule is COc1cccc2c1N(CC1=NS(=O)(=O)c3ccccc3N1)CCC2. The Morgan fingerprint density at radius 1 is 1.20 bits per heavy atom. The van der Waals surface area contributed by atoms with Crippen LogP contribution in [0.5, 0.6) is 5.75 Å². The number of benzene rings is 2. The minimum Gasteiger partial charge on any atom is -0.495 e. The summed E-state index contributed by atoms with van der Waals surface area (Å²) in [5, 5.41) is 3.16. The van der Waals surface area contributed by atoms with E-state index < -0.39 is 10.0 Å². The molecule has 0 saturated heterocycles. The molecular weight excluding hydrogens is 338 g/mol. The number of amidine groups is 1. The molecule has 0 fully saturated rings. The Hall–Kier alpha value is -2.54. The summed E-state index contributed by atoms with van der Waals surface area (Å²) in [6.07, 6.45) is 2.00. The molecule has 2 aliphatic heterocycles. The van der Waals surface area contributed by atoms with E-state index >= 15 is 0 Å². The third kappa shape index (κ3) is 2.84. The van der Waals surface area contributed by atoms with Gasteiger partial charge in [0.25, 0.3) is 10.0 Å². The van der Waals surface area contributed by atoms with Crippen molar-refractivity contribution in [1.29, 1.82) is 0 Å². The first kappa shape index (κ1) is 16.0. The van der Waals surface area contributed by atoms with Crippen LogP contribution in [0.25, 0.3) is 0 Å². The lowest BCUT2D eigenvalue weighted by Crippen LogP contribution is -2.38. The zero-order valence-corrected chi connectivity index (χ0v) is 14.7. The number of para-hydroxylation sites is 2. The maximum atomic E-state index is 12.4. The van der Waals surface area contributed by atoms with Gasteiger partial charge in [-0.2, -0.15) is 8.42 Å². The molecule has 0 atom stereocenters. The highest BCUT2D eigenvalue weighted by Gasteiger charge is 2.27. The number of aryl methyl sites for hydroxylation is 1. The first-order valence-electron chi connectivity index (χ1n) is 8.19. The summed E-state index contributed by atoms with van der Waals surface area (Å²) >= 11 is 0. The third-order valence-electron chi connectivity index (χ3n) is 4.51. The molecule has 0 aromatic heterocycles. The van der Waals surface area contributed by atoms with Crippen molar-refractivity contribution < 1.29 is 13.2 Å². The van der Waals surface area contributed by atoms with Gasteiger partial charge in [-0.25, -0.2) is 0 Å². The van der Waals surface area contributed by atoms with Crippen LogP contribution >= 0.6 is 0 Å². The molecule has 7 heteroatoms. The quantitative estimate of drug-likeness (QED) is 0.914. The van der Waals surface area contributed by atoms with Crippen molar-refractivity contribution in [3.63, 3.8) is 0 Å². The number of methoxy groups -OCH3 is 1. The average Bonchev–Trinajstić information content (AvgIpc) is 2.61. The molecule has 0 aliphatic carbocycles. The van der Waals surface area contributed by atoms with Crippen molar-refractivity contribution in [2.24, 2.45) is 4.40 Å². The summed E-state index contributed by atoms with van der Waals surface area (Å²) in [5.41, 5.74) is 2.81. The minimum absolute atomic E-state index is 0.218. The van der Waals surface area contributed by atoms with Crippen molar-refractivity contribution in [2.45, 2.75) is 17.7 Å². The molecule has 0 amide bonds. The summed E-state index contributed by atoms with van der Waals surface area (Å²) in [7, 11) is -2.02. The van der Waals surface area contributed by atoms with E-state index in [1.807, 2.05) is 18.2 Å². The highest BCUT2D eigenvalue weighted by atomic mass is 32.2. The maximum absolute atomic E-state index is 12.4. The van der Waals surface area contributed by atoms with E-state index in [4.69, 9.17) is 4.74 Å². The molecule has 4 rings (SSSR count). The molecule has 25 heavy (non-hydrogen) atoms. The number of sulfonamides is 1. The molecule has 2 aliphatic rings. The van der Waals surface area contributed by atoms with Gasteiger partial charge in [0.15, 0.2) is 0 Å². The number of nitrogens with zero attached hydrogens (tertiary/aromatic N) is 2. The molecule has 0 radical (unpaired) electrons. The first-order chi connectivity index (χ1) is 12.1. The molecule has 0 unspecified atom stereocenters. The van der Waals surface area contributed by atoms with Crippen LogP contribution in [-0.2, 0) is 16.4 Å². The van der Waals surface area contributed by atoms with Gasteiger partial charge in [-0.05, 0) is 36.6 Å². The second-order valence-corrected chi connectivity index (χ2v) is 7.70. The van der Waals surface area contributed by atoms with Gasteiger partial charge >= 0.3 is 0 Å². The Morgan fingerprint density at radius 3 is 2.88 bits per heavy atom. The van der Waals surface area contributed by atoms with Gasteiger partial charge in [0, 0.05) is 6.54 Å². The number of hydrogen-bond acceptors (Lipinski definition) is 5. The lowest BCUT2D eigenvalue weighted by Gasteiger charge is -2.33. The molecule has 1 N–H and O–H groups in total. The Kier molecular flexibility index (Phi) is 3.88. The number of rotatable bonds is 3. The monoisotopic (exact) mass is 357 g/mol. The van der Waals surface area contributed by atoms with Gasteiger partial charge in [-0.15, -0.1) is 4.40 Å². The van der Waals surface area contributed by atoms with E-state index in [1.54, 1.807) is 25.3 Å². The Morgan fingerprint density at radius 2 is 2.04 bits per heavy atom. The molecule has 0 saturated carbocycles. The van der Waals surface area contributed by atoms with Crippen LogP contribution in [0.3, 0.4) is 0 Å². The zero-order chi connectivity index (χ0) is 17.4. The van der Waals surface area contributed by atoms with Crippen LogP contribution in [0.4, 0.5) is 11.4 Å².